The fourth-order valence-electron chi connectivity index (χ4n) is 3.40. The highest BCUT2D eigenvalue weighted by Crippen LogP contribution is 2.49. The van der Waals surface area contributed by atoms with Gasteiger partial charge in [0, 0.05) is 12.5 Å². The van der Waals surface area contributed by atoms with Crippen LogP contribution in [-0.4, -0.2) is 52.3 Å². The van der Waals surface area contributed by atoms with Crippen LogP contribution < -0.4 is 0 Å². The van der Waals surface area contributed by atoms with Crippen molar-refractivity contribution in [2.24, 2.45) is 11.8 Å². The smallest absolute Gasteiger partial charge is 0.352 e. The summed E-state index contributed by atoms with van der Waals surface area (Å²) in [5.41, 5.74) is 0.779. The molecule has 0 aromatic heterocycles. The number of hydrogen-bond acceptors (Lipinski definition) is 4. The Hall–Kier alpha value is -1.40. The van der Waals surface area contributed by atoms with E-state index >= 15 is 0 Å². The van der Waals surface area contributed by atoms with Gasteiger partial charge in [-0.2, -0.15) is 0 Å². The van der Waals surface area contributed by atoms with Gasteiger partial charge in [-0.3, -0.25) is 4.79 Å². The van der Waals surface area contributed by atoms with Gasteiger partial charge in [-0.15, -0.1) is 0 Å². The standard InChI is InChI=1S/C12H15NO5/c1-5(14)8-9-6-2-3-18-4-7(6)10(12(16)17)13(9)11(8)15/h5-6,8-9,14H,2-4H2,1H3,(H,16,17)/t5-,6+,8-,9-/m1/s1. The van der Waals surface area contributed by atoms with E-state index in [1.165, 1.54) is 4.90 Å². The summed E-state index contributed by atoms with van der Waals surface area (Å²) < 4.78 is 5.30. The number of amides is 1. The number of aliphatic hydroxyl groups excluding tert-OH is 1. The quantitative estimate of drug-likeness (QED) is 0.653. The van der Waals surface area contributed by atoms with E-state index in [1.807, 2.05) is 0 Å². The summed E-state index contributed by atoms with van der Waals surface area (Å²) in [6.07, 6.45) is -0.0277. The molecule has 3 heterocycles. The molecule has 4 atom stereocenters. The minimum absolute atomic E-state index is 0.0298. The van der Waals surface area contributed by atoms with E-state index in [-0.39, 0.29) is 30.2 Å². The summed E-state index contributed by atoms with van der Waals surface area (Å²) in [5.74, 6) is -1.81. The van der Waals surface area contributed by atoms with E-state index in [2.05, 4.69) is 0 Å². The van der Waals surface area contributed by atoms with E-state index in [9.17, 15) is 19.8 Å². The van der Waals surface area contributed by atoms with Crippen LogP contribution >= 0.6 is 0 Å². The molecule has 6 nitrogen and oxygen atoms in total. The van der Waals surface area contributed by atoms with Crippen molar-refractivity contribution in [1.82, 2.24) is 4.90 Å². The zero-order valence-corrected chi connectivity index (χ0v) is 10.00. The highest BCUT2D eigenvalue weighted by atomic mass is 16.5. The average molecular weight is 253 g/mol. The van der Waals surface area contributed by atoms with Crippen LogP contribution in [0.1, 0.15) is 13.3 Å². The lowest BCUT2D eigenvalue weighted by Crippen LogP contribution is -2.64. The molecule has 3 aliphatic heterocycles. The van der Waals surface area contributed by atoms with Gasteiger partial charge in [-0.05, 0) is 18.9 Å². The van der Waals surface area contributed by atoms with Crippen LogP contribution in [0.5, 0.6) is 0 Å². The Morgan fingerprint density at radius 3 is 2.89 bits per heavy atom. The van der Waals surface area contributed by atoms with Crippen LogP contribution in [0.4, 0.5) is 0 Å². The molecule has 0 unspecified atom stereocenters. The summed E-state index contributed by atoms with van der Waals surface area (Å²) in [7, 11) is 0. The number of carboxylic acid groups (broad SMARTS) is 1. The zero-order chi connectivity index (χ0) is 13.0. The van der Waals surface area contributed by atoms with Crippen LogP contribution in [0, 0.1) is 11.8 Å². The van der Waals surface area contributed by atoms with Gasteiger partial charge in [0.05, 0.1) is 24.7 Å². The Balaban J connectivity index is 2.00. The molecule has 3 rings (SSSR count). The Morgan fingerprint density at radius 1 is 1.56 bits per heavy atom. The highest BCUT2D eigenvalue weighted by Gasteiger charge is 2.61. The molecule has 0 spiro atoms. The molecule has 2 N–H and O–H groups in total. The van der Waals surface area contributed by atoms with Gasteiger partial charge in [0.15, 0.2) is 0 Å². The maximum Gasteiger partial charge on any atom is 0.352 e. The monoisotopic (exact) mass is 253 g/mol. The normalized spacial score (nSPS) is 36.0. The van der Waals surface area contributed by atoms with Gasteiger partial charge in [0.2, 0.25) is 5.91 Å². The first-order valence-corrected chi connectivity index (χ1v) is 6.09. The minimum Gasteiger partial charge on any atom is -0.477 e. The molecule has 0 saturated carbocycles. The first kappa shape index (κ1) is 11.7. The van der Waals surface area contributed by atoms with Crippen LogP contribution in [0.15, 0.2) is 11.3 Å². The lowest BCUT2D eigenvalue weighted by molar-refractivity contribution is -0.163. The number of nitrogens with zero attached hydrogens (tertiary/aromatic N) is 1. The predicted octanol–water partition coefficient (Wildman–Crippen LogP) is -0.417. The molecule has 3 aliphatic rings. The molecule has 2 fully saturated rings. The third kappa shape index (κ3) is 1.30. The van der Waals surface area contributed by atoms with Crippen LogP contribution in [0.25, 0.3) is 0 Å². The molecule has 2 saturated heterocycles. The lowest BCUT2D eigenvalue weighted by atomic mass is 9.75. The zero-order valence-electron chi connectivity index (χ0n) is 10.00. The Morgan fingerprint density at radius 2 is 2.28 bits per heavy atom. The number of carboxylic acids is 1. The van der Waals surface area contributed by atoms with E-state index in [1.54, 1.807) is 6.92 Å². The number of hydrogen-bond donors (Lipinski definition) is 2. The van der Waals surface area contributed by atoms with Crippen molar-refractivity contribution in [3.8, 4) is 0 Å². The molecule has 0 aromatic rings. The number of fused-ring (bicyclic) bond motifs is 3. The Kier molecular flexibility index (Phi) is 2.46. The van der Waals surface area contributed by atoms with Crippen molar-refractivity contribution in [1.29, 1.82) is 0 Å². The summed E-state index contributed by atoms with van der Waals surface area (Å²) in [4.78, 5) is 24.6. The lowest BCUT2D eigenvalue weighted by Gasteiger charge is -2.47. The predicted molar refractivity (Wildman–Crippen MR) is 59.4 cm³/mol. The topological polar surface area (TPSA) is 87.1 Å². The highest BCUT2D eigenvalue weighted by molar-refractivity contribution is 6.00. The number of ether oxygens (including phenoxy) is 1. The van der Waals surface area contributed by atoms with Crippen molar-refractivity contribution >= 4 is 11.9 Å². The SMILES string of the molecule is C[C@@H](O)[C@H]1C(=O)N2C(C(=O)O)=C3COCC[C@@H]3[C@H]12. The third-order valence-corrected chi connectivity index (χ3v) is 4.15. The molecular weight excluding hydrogens is 238 g/mol. The van der Waals surface area contributed by atoms with Crippen LogP contribution in [0.2, 0.25) is 0 Å². The van der Waals surface area contributed by atoms with Gasteiger partial charge in [-0.25, -0.2) is 4.79 Å². The van der Waals surface area contributed by atoms with E-state index < -0.39 is 18.0 Å². The molecule has 0 aromatic carbocycles. The fourth-order valence-corrected chi connectivity index (χ4v) is 3.40. The van der Waals surface area contributed by atoms with Gasteiger partial charge < -0.3 is 19.8 Å². The van der Waals surface area contributed by atoms with Crippen molar-refractivity contribution < 1.29 is 24.5 Å². The Bertz CT molecular complexity index is 455. The summed E-state index contributed by atoms with van der Waals surface area (Å²) in [6, 6.07) is -0.192. The first-order valence-electron chi connectivity index (χ1n) is 6.09. The second-order valence-corrected chi connectivity index (χ2v) is 5.09. The average Bonchev–Trinajstić information content (AvgIpc) is 2.60. The van der Waals surface area contributed by atoms with Crippen molar-refractivity contribution in [3.63, 3.8) is 0 Å². The van der Waals surface area contributed by atoms with E-state index in [0.717, 1.165) is 0 Å². The third-order valence-electron chi connectivity index (χ3n) is 4.15. The van der Waals surface area contributed by atoms with Gasteiger partial charge in [0.25, 0.3) is 0 Å². The van der Waals surface area contributed by atoms with Crippen LogP contribution in [0.3, 0.4) is 0 Å². The molecule has 0 radical (unpaired) electrons. The number of aliphatic hydroxyl groups is 1. The molecular formula is C12H15NO5. The number of carbonyl (C=O) groups excluding carboxylic acids is 1. The first-order chi connectivity index (χ1) is 8.54. The van der Waals surface area contributed by atoms with Crippen molar-refractivity contribution in [2.45, 2.75) is 25.5 Å². The summed E-state index contributed by atoms with van der Waals surface area (Å²) >= 11 is 0. The van der Waals surface area contributed by atoms with Gasteiger partial charge in [0.1, 0.15) is 5.70 Å². The second-order valence-electron chi connectivity index (χ2n) is 5.09. The number of aliphatic carboxylic acids is 1. The molecule has 18 heavy (non-hydrogen) atoms. The summed E-state index contributed by atoms with van der Waals surface area (Å²) in [6.45, 7) is 2.43. The molecule has 0 aliphatic carbocycles. The van der Waals surface area contributed by atoms with E-state index in [4.69, 9.17) is 4.74 Å². The number of carbonyl (C=O) groups is 2. The van der Waals surface area contributed by atoms with Crippen molar-refractivity contribution in [2.75, 3.05) is 13.2 Å². The largest absolute Gasteiger partial charge is 0.477 e. The van der Waals surface area contributed by atoms with Crippen molar-refractivity contribution in [3.05, 3.63) is 11.3 Å². The molecule has 98 valence electrons. The number of rotatable bonds is 2. The van der Waals surface area contributed by atoms with E-state index in [0.29, 0.717) is 18.6 Å². The molecule has 0 bridgehead atoms. The number of β-lactam (4-membered cyclic amide) rings is 1. The maximum absolute atomic E-state index is 12.0. The Labute approximate surface area is 104 Å². The molecule has 1 amide bonds. The fraction of sp³-hybridized carbons (Fsp3) is 0.667. The molecule has 6 heteroatoms. The van der Waals surface area contributed by atoms with Gasteiger partial charge in [-0.1, -0.05) is 0 Å². The maximum atomic E-state index is 12.0. The minimum atomic E-state index is -1.08. The summed E-state index contributed by atoms with van der Waals surface area (Å²) in [5, 5.41) is 18.9. The van der Waals surface area contributed by atoms with Crippen LogP contribution in [-0.2, 0) is 14.3 Å². The second kappa shape index (κ2) is 3.80. The van der Waals surface area contributed by atoms with Gasteiger partial charge >= 0.3 is 5.97 Å².